The molecule has 0 aromatic carbocycles. The Balaban J connectivity index is 3.31. The van der Waals surface area contributed by atoms with Crippen molar-refractivity contribution in [2.45, 2.75) is 123 Å². The summed E-state index contributed by atoms with van der Waals surface area (Å²) in [5.74, 6) is -0.221. The minimum Gasteiger partial charge on any atom is -0.364 e. The average Bonchev–Trinajstić information content (AvgIpc) is 2.49. The lowest BCUT2D eigenvalue weighted by Crippen LogP contribution is -2.26. The van der Waals surface area contributed by atoms with Crippen molar-refractivity contribution >= 4 is 5.97 Å². The summed E-state index contributed by atoms with van der Waals surface area (Å²) >= 11 is 0. The quantitative estimate of drug-likeness (QED) is 0.285. The molecule has 0 spiro atoms. The predicted octanol–water partition coefficient (Wildman–Crippen LogP) is 6.46. The number of hydrogen-bond acceptors (Lipinski definition) is 2. The van der Waals surface area contributed by atoms with Crippen molar-refractivity contribution in [3.05, 3.63) is 0 Å². The summed E-state index contributed by atoms with van der Waals surface area (Å²) < 4.78 is 5.36. The Morgan fingerprint density at radius 3 is 1.38 bits per heavy atom. The first-order chi connectivity index (χ1) is 11.4. The van der Waals surface area contributed by atoms with Gasteiger partial charge >= 0.3 is 5.97 Å². The molecule has 1 unspecified atom stereocenters. The van der Waals surface area contributed by atoms with Gasteiger partial charge in [-0.1, -0.05) is 90.9 Å². The number of carbonyl (C=O) groups is 1. The van der Waals surface area contributed by atoms with Crippen LogP contribution in [0.25, 0.3) is 0 Å². The first-order valence-electron chi connectivity index (χ1n) is 10.3. The molecule has 0 N–H and O–H groups in total. The maximum atomic E-state index is 11.0. The predicted molar refractivity (Wildman–Crippen MR) is 101 cm³/mol. The van der Waals surface area contributed by atoms with Gasteiger partial charge in [-0.15, -0.1) is 0 Å². The van der Waals surface area contributed by atoms with E-state index in [4.69, 9.17) is 4.74 Å². The van der Waals surface area contributed by atoms with Crippen LogP contribution in [-0.2, 0) is 14.6 Å². The van der Waals surface area contributed by atoms with Crippen molar-refractivity contribution in [2.75, 3.05) is 0 Å². The molecule has 0 heterocycles. The van der Waals surface area contributed by atoms with Gasteiger partial charge in [-0.25, -0.2) is 9.90 Å². The Hall–Kier alpha value is -0.570. The highest BCUT2D eigenvalue weighted by molar-refractivity contribution is 5.71. The minimum atomic E-state index is -1.07. The molecule has 0 saturated carbocycles. The van der Waals surface area contributed by atoms with Crippen molar-refractivity contribution in [2.24, 2.45) is 5.92 Å². The Kier molecular flexibility index (Phi) is 15.6. The van der Waals surface area contributed by atoms with E-state index in [-0.39, 0.29) is 6.10 Å². The standard InChI is InChI=1S/C21H41O3/c1-18(2)16-14-12-10-8-6-5-7-9-11-13-15-17-20(21(22)23)24-19(3)4/h18-20H,5-17H2,1-4H3. The number of rotatable bonds is 17. The summed E-state index contributed by atoms with van der Waals surface area (Å²) in [6, 6.07) is 0. The zero-order valence-corrected chi connectivity index (χ0v) is 16.6. The molecule has 3 nitrogen and oxygen atoms in total. The summed E-state index contributed by atoms with van der Waals surface area (Å²) in [5.41, 5.74) is 0. The Labute approximate surface area is 150 Å². The molecule has 0 aliphatic rings. The van der Waals surface area contributed by atoms with Crippen LogP contribution in [0.15, 0.2) is 0 Å². The van der Waals surface area contributed by atoms with Crippen molar-refractivity contribution in [3.8, 4) is 0 Å². The molecule has 0 aliphatic heterocycles. The van der Waals surface area contributed by atoms with Gasteiger partial charge in [0.25, 0.3) is 0 Å². The molecule has 1 atom stereocenters. The topological polar surface area (TPSA) is 46.2 Å². The Morgan fingerprint density at radius 1 is 0.667 bits per heavy atom. The van der Waals surface area contributed by atoms with E-state index in [0.717, 1.165) is 18.8 Å². The lowest BCUT2D eigenvalue weighted by molar-refractivity contribution is -0.160. The molecule has 0 amide bonds. The molecule has 3 heteroatoms. The molecule has 0 aromatic heterocycles. The molecule has 0 aliphatic carbocycles. The van der Waals surface area contributed by atoms with Gasteiger partial charge in [-0.3, -0.25) is 0 Å². The highest BCUT2D eigenvalue weighted by atomic mass is 16.5. The van der Waals surface area contributed by atoms with Crippen LogP contribution >= 0.6 is 0 Å². The van der Waals surface area contributed by atoms with Gasteiger partial charge in [-0.2, -0.15) is 0 Å². The molecule has 1 radical (unpaired) electrons. The van der Waals surface area contributed by atoms with Gasteiger partial charge in [0.15, 0.2) is 6.10 Å². The number of carbonyl (C=O) groups excluding carboxylic acids is 1. The highest BCUT2D eigenvalue weighted by Crippen LogP contribution is 2.15. The average molecular weight is 342 g/mol. The molecule has 24 heavy (non-hydrogen) atoms. The summed E-state index contributed by atoms with van der Waals surface area (Å²) in [6.45, 7) is 8.33. The van der Waals surface area contributed by atoms with Crippen LogP contribution in [0.3, 0.4) is 0 Å². The first kappa shape index (κ1) is 23.4. The molecule has 0 saturated heterocycles. The molecule has 0 rings (SSSR count). The molecule has 143 valence electrons. The monoisotopic (exact) mass is 341 g/mol. The third kappa shape index (κ3) is 16.3. The molecular weight excluding hydrogens is 300 g/mol. The second kappa shape index (κ2) is 15.9. The second-order valence-electron chi connectivity index (χ2n) is 7.85. The maximum absolute atomic E-state index is 11.0. The van der Waals surface area contributed by atoms with Gasteiger partial charge in [-0.05, 0) is 26.2 Å². The molecule has 0 bridgehead atoms. The maximum Gasteiger partial charge on any atom is 0.383 e. The summed E-state index contributed by atoms with van der Waals surface area (Å²) in [4.78, 5) is 11.0. The van der Waals surface area contributed by atoms with Gasteiger partial charge in [0.05, 0.1) is 6.10 Å². The van der Waals surface area contributed by atoms with Crippen LogP contribution in [0.2, 0.25) is 0 Å². The van der Waals surface area contributed by atoms with E-state index in [1.807, 2.05) is 13.8 Å². The number of hydrogen-bond donors (Lipinski definition) is 0. The van der Waals surface area contributed by atoms with E-state index in [9.17, 15) is 9.90 Å². The zero-order chi connectivity index (χ0) is 18.2. The van der Waals surface area contributed by atoms with E-state index in [2.05, 4.69) is 13.8 Å². The fourth-order valence-electron chi connectivity index (χ4n) is 3.04. The lowest BCUT2D eigenvalue weighted by atomic mass is 10.0. The fraction of sp³-hybridized carbons (Fsp3) is 0.952. The van der Waals surface area contributed by atoms with Crippen LogP contribution < -0.4 is 0 Å². The summed E-state index contributed by atoms with van der Waals surface area (Å²) in [7, 11) is 0. The number of unbranched alkanes of at least 4 members (excludes halogenated alkanes) is 10. The fourth-order valence-corrected chi connectivity index (χ4v) is 3.04. The third-order valence-electron chi connectivity index (χ3n) is 4.45. The van der Waals surface area contributed by atoms with E-state index in [1.54, 1.807) is 0 Å². The van der Waals surface area contributed by atoms with Crippen molar-refractivity contribution in [1.82, 2.24) is 0 Å². The van der Waals surface area contributed by atoms with E-state index >= 15 is 0 Å². The van der Waals surface area contributed by atoms with Gasteiger partial charge < -0.3 is 4.74 Å². The Bertz CT molecular complexity index is 287. The van der Waals surface area contributed by atoms with Crippen LogP contribution in [-0.4, -0.2) is 18.2 Å². The van der Waals surface area contributed by atoms with Gasteiger partial charge in [0.1, 0.15) is 0 Å². The summed E-state index contributed by atoms with van der Waals surface area (Å²) in [6.07, 6.45) is 15.3. The minimum absolute atomic E-state index is 0.0572. The Morgan fingerprint density at radius 2 is 1.04 bits per heavy atom. The highest BCUT2D eigenvalue weighted by Gasteiger charge is 2.20. The van der Waals surface area contributed by atoms with Crippen LogP contribution in [0.1, 0.15) is 111 Å². The normalized spacial score (nSPS) is 12.9. The van der Waals surface area contributed by atoms with E-state index in [0.29, 0.717) is 6.42 Å². The largest absolute Gasteiger partial charge is 0.383 e. The first-order valence-corrected chi connectivity index (χ1v) is 10.3. The zero-order valence-electron chi connectivity index (χ0n) is 16.6. The third-order valence-corrected chi connectivity index (χ3v) is 4.45. The second-order valence-corrected chi connectivity index (χ2v) is 7.85. The van der Waals surface area contributed by atoms with Crippen molar-refractivity contribution < 1.29 is 14.6 Å². The van der Waals surface area contributed by atoms with Crippen LogP contribution in [0, 0.1) is 5.92 Å². The van der Waals surface area contributed by atoms with E-state index in [1.165, 1.54) is 64.2 Å². The molecule has 0 aromatic rings. The van der Waals surface area contributed by atoms with Crippen LogP contribution in [0.5, 0.6) is 0 Å². The molecule has 0 fully saturated rings. The lowest BCUT2D eigenvalue weighted by Gasteiger charge is -2.15. The van der Waals surface area contributed by atoms with Gasteiger partial charge in [0, 0.05) is 0 Å². The van der Waals surface area contributed by atoms with E-state index < -0.39 is 12.1 Å². The van der Waals surface area contributed by atoms with Crippen molar-refractivity contribution in [1.29, 1.82) is 0 Å². The molecular formula is C21H41O3. The van der Waals surface area contributed by atoms with Crippen molar-refractivity contribution in [3.63, 3.8) is 0 Å². The number of ether oxygens (including phenoxy) is 1. The van der Waals surface area contributed by atoms with Gasteiger partial charge in [0.2, 0.25) is 0 Å². The summed E-state index contributed by atoms with van der Waals surface area (Å²) in [5, 5.41) is 11.0. The SMILES string of the molecule is CC(C)CCCCCCCCCCCCCC(OC(C)C)C([O])=O. The van der Waals surface area contributed by atoms with Crippen LogP contribution in [0.4, 0.5) is 0 Å². The smallest absolute Gasteiger partial charge is 0.364 e.